The number of nitro groups is 1. The van der Waals surface area contributed by atoms with Crippen molar-refractivity contribution in [2.24, 2.45) is 0 Å². The molecule has 0 atom stereocenters. The fourth-order valence-electron chi connectivity index (χ4n) is 3.60. The van der Waals surface area contributed by atoms with Crippen molar-refractivity contribution < 1.29 is 24.0 Å². The van der Waals surface area contributed by atoms with Gasteiger partial charge in [0.2, 0.25) is 0 Å². The van der Waals surface area contributed by atoms with Gasteiger partial charge in [0.05, 0.1) is 28.8 Å². The summed E-state index contributed by atoms with van der Waals surface area (Å²) < 4.78 is 10.8. The number of nitrogens with zero attached hydrogens (tertiary/aromatic N) is 2. The smallest absolute Gasteiger partial charge is 0.293 e. The van der Waals surface area contributed by atoms with Crippen molar-refractivity contribution in [2.75, 3.05) is 36.5 Å². The van der Waals surface area contributed by atoms with Gasteiger partial charge in [-0.25, -0.2) is 0 Å². The minimum absolute atomic E-state index is 0.0375. The number of nitro benzene ring substituents is 1. The third-order valence-electron chi connectivity index (χ3n) is 5.33. The number of thiocarbonyl (C=S) groups is 1. The second-order valence-corrected chi connectivity index (χ2v) is 8.40. The maximum Gasteiger partial charge on any atom is 0.293 e. The van der Waals surface area contributed by atoms with Gasteiger partial charge in [0.1, 0.15) is 23.8 Å². The highest BCUT2D eigenvalue weighted by atomic mass is 35.5. The molecule has 3 N–H and O–H groups in total. The number of hydrogen-bond donors (Lipinski definition) is 3. The zero-order valence-corrected chi connectivity index (χ0v) is 19.9. The van der Waals surface area contributed by atoms with E-state index in [4.69, 9.17) is 33.0 Å². The number of halogens is 1. The first-order chi connectivity index (χ1) is 16.9. The number of aliphatic hydroxyl groups excluding tert-OH is 1. The van der Waals surface area contributed by atoms with Gasteiger partial charge in [-0.15, -0.1) is 0 Å². The molecule has 1 amide bonds. The quantitative estimate of drug-likeness (QED) is 0.253. The lowest BCUT2D eigenvalue weighted by atomic mass is 10.1. The van der Waals surface area contributed by atoms with E-state index in [2.05, 4.69) is 10.6 Å². The highest BCUT2D eigenvalue weighted by molar-refractivity contribution is 7.80. The van der Waals surface area contributed by atoms with Crippen LogP contribution in [0.25, 0.3) is 11.3 Å². The van der Waals surface area contributed by atoms with E-state index in [1.165, 1.54) is 12.1 Å². The number of benzene rings is 2. The lowest BCUT2D eigenvalue weighted by Crippen LogP contribution is -2.37. The first-order valence-corrected chi connectivity index (χ1v) is 11.4. The average Bonchev–Trinajstić information content (AvgIpc) is 3.35. The molecule has 2 aromatic carbocycles. The summed E-state index contributed by atoms with van der Waals surface area (Å²) in [6.45, 7) is 1.79. The zero-order chi connectivity index (χ0) is 24.9. The summed E-state index contributed by atoms with van der Waals surface area (Å²) in [6, 6.07) is 12.7. The van der Waals surface area contributed by atoms with Crippen LogP contribution in [0, 0.1) is 10.1 Å². The van der Waals surface area contributed by atoms with E-state index in [9.17, 15) is 20.0 Å². The average molecular weight is 517 g/mol. The van der Waals surface area contributed by atoms with Crippen LogP contribution in [0.2, 0.25) is 5.02 Å². The summed E-state index contributed by atoms with van der Waals surface area (Å²) in [5.74, 6) is 0.336. The number of nitrogens with one attached hydrogen (secondary N) is 2. The molecular formula is C23H21ClN4O6S. The highest BCUT2D eigenvalue weighted by Crippen LogP contribution is 2.31. The van der Waals surface area contributed by atoms with Crippen LogP contribution < -0.4 is 15.5 Å². The van der Waals surface area contributed by atoms with Gasteiger partial charge in [-0.3, -0.25) is 20.2 Å². The normalized spacial score (nSPS) is 13.4. The van der Waals surface area contributed by atoms with Crippen molar-refractivity contribution in [3.8, 4) is 11.3 Å². The maximum absolute atomic E-state index is 12.8. The number of amides is 1. The van der Waals surface area contributed by atoms with Crippen LogP contribution in [0.3, 0.4) is 0 Å². The first-order valence-electron chi connectivity index (χ1n) is 10.6. The Balaban J connectivity index is 1.47. The van der Waals surface area contributed by atoms with E-state index >= 15 is 0 Å². The molecular weight excluding hydrogens is 496 g/mol. The zero-order valence-electron chi connectivity index (χ0n) is 18.3. The molecule has 10 nitrogen and oxygen atoms in total. The summed E-state index contributed by atoms with van der Waals surface area (Å²) in [4.78, 5) is 25.7. The Morgan fingerprint density at radius 3 is 2.63 bits per heavy atom. The van der Waals surface area contributed by atoms with Crippen LogP contribution in [0.4, 0.5) is 17.1 Å². The topological polar surface area (TPSA) is 130 Å². The van der Waals surface area contributed by atoms with E-state index in [0.717, 1.165) is 0 Å². The lowest BCUT2D eigenvalue weighted by molar-refractivity contribution is -0.384. The number of aliphatic hydroxyl groups is 1. The molecule has 0 spiro atoms. The highest BCUT2D eigenvalue weighted by Gasteiger charge is 2.23. The molecule has 0 unspecified atom stereocenters. The number of hydrogen-bond acceptors (Lipinski definition) is 8. The van der Waals surface area contributed by atoms with Gasteiger partial charge in [-0.05, 0) is 54.7 Å². The first kappa shape index (κ1) is 24.6. The molecule has 0 aliphatic carbocycles. The van der Waals surface area contributed by atoms with Crippen LogP contribution in [0.5, 0.6) is 0 Å². The van der Waals surface area contributed by atoms with Gasteiger partial charge in [-0.1, -0.05) is 11.6 Å². The maximum atomic E-state index is 12.8. The third kappa shape index (κ3) is 5.77. The van der Waals surface area contributed by atoms with Crippen LogP contribution in [0.1, 0.15) is 16.1 Å². The number of morpholine rings is 1. The van der Waals surface area contributed by atoms with E-state index in [1.807, 2.05) is 4.90 Å². The molecule has 1 fully saturated rings. The van der Waals surface area contributed by atoms with Crippen LogP contribution >= 0.6 is 23.8 Å². The van der Waals surface area contributed by atoms with Crippen molar-refractivity contribution in [3.63, 3.8) is 0 Å². The Hall–Kier alpha value is -3.51. The van der Waals surface area contributed by atoms with Crippen molar-refractivity contribution >= 4 is 51.9 Å². The largest absolute Gasteiger partial charge is 0.459 e. The van der Waals surface area contributed by atoms with Crippen molar-refractivity contribution in [1.29, 1.82) is 0 Å². The Morgan fingerprint density at radius 2 is 1.94 bits per heavy atom. The summed E-state index contributed by atoms with van der Waals surface area (Å²) >= 11 is 11.5. The Kier molecular flexibility index (Phi) is 7.61. The Bertz CT molecular complexity index is 1270. The molecule has 2 heterocycles. The molecule has 0 radical (unpaired) electrons. The standard InChI is InChI=1S/C23H21ClN4O6S/c24-17-4-1-14(21-6-3-16(13-29)34-21)11-18(17)25-23(35)26-22(30)15-2-5-19(20(12-15)28(31)32)27-7-9-33-10-8-27/h1-6,11-12,29H,7-10,13H2,(H2,25,26,30,35). The molecule has 1 aliphatic rings. The number of rotatable bonds is 6. The Morgan fingerprint density at radius 1 is 1.17 bits per heavy atom. The van der Waals surface area contributed by atoms with Gasteiger partial charge >= 0.3 is 0 Å². The van der Waals surface area contributed by atoms with E-state index in [-0.39, 0.29) is 23.0 Å². The molecule has 12 heteroatoms. The monoisotopic (exact) mass is 516 g/mol. The molecule has 0 saturated carbocycles. The predicted octanol–water partition coefficient (Wildman–Crippen LogP) is 3.96. The van der Waals surface area contributed by atoms with Crippen LogP contribution in [-0.2, 0) is 11.3 Å². The van der Waals surface area contributed by atoms with Gasteiger partial charge < -0.3 is 24.5 Å². The summed E-state index contributed by atoms with van der Waals surface area (Å²) in [5, 5.41) is 26.5. The van der Waals surface area contributed by atoms with E-state index in [0.29, 0.717) is 59.8 Å². The van der Waals surface area contributed by atoms with Gasteiger partial charge in [0.15, 0.2) is 5.11 Å². The van der Waals surface area contributed by atoms with Gasteiger partial charge in [0.25, 0.3) is 11.6 Å². The fourth-order valence-corrected chi connectivity index (χ4v) is 3.97. The summed E-state index contributed by atoms with van der Waals surface area (Å²) in [7, 11) is 0. The second kappa shape index (κ2) is 10.8. The molecule has 4 rings (SSSR count). The fraction of sp³-hybridized carbons (Fsp3) is 0.217. The number of furan rings is 1. The van der Waals surface area contributed by atoms with Crippen LogP contribution in [0.15, 0.2) is 52.9 Å². The van der Waals surface area contributed by atoms with E-state index < -0.39 is 10.8 Å². The molecule has 182 valence electrons. The molecule has 0 bridgehead atoms. The lowest BCUT2D eigenvalue weighted by Gasteiger charge is -2.28. The van der Waals surface area contributed by atoms with Gasteiger partial charge in [-0.2, -0.15) is 0 Å². The molecule has 3 aromatic rings. The van der Waals surface area contributed by atoms with Crippen LogP contribution in [-0.4, -0.2) is 47.4 Å². The number of carbonyl (C=O) groups excluding carboxylic acids is 1. The van der Waals surface area contributed by atoms with Gasteiger partial charge in [0, 0.05) is 30.3 Å². The van der Waals surface area contributed by atoms with Crippen molar-refractivity contribution in [3.05, 3.63) is 75.0 Å². The summed E-state index contributed by atoms with van der Waals surface area (Å²) in [5.41, 5.74) is 1.45. The third-order valence-corrected chi connectivity index (χ3v) is 5.86. The Labute approximate surface area is 210 Å². The number of anilines is 2. The molecule has 1 aliphatic heterocycles. The number of carbonyl (C=O) groups is 1. The molecule has 35 heavy (non-hydrogen) atoms. The minimum atomic E-state index is -0.606. The molecule has 1 saturated heterocycles. The molecule has 1 aromatic heterocycles. The SMILES string of the molecule is O=C(NC(=S)Nc1cc(-c2ccc(CO)o2)ccc1Cl)c1ccc(N2CCOCC2)c([N+](=O)[O-])c1. The van der Waals surface area contributed by atoms with E-state index in [1.54, 1.807) is 36.4 Å². The second-order valence-electron chi connectivity index (χ2n) is 7.59. The minimum Gasteiger partial charge on any atom is -0.459 e. The van der Waals surface area contributed by atoms with Crippen molar-refractivity contribution in [1.82, 2.24) is 5.32 Å². The number of ether oxygens (including phenoxy) is 1. The predicted molar refractivity (Wildman–Crippen MR) is 135 cm³/mol. The summed E-state index contributed by atoms with van der Waals surface area (Å²) in [6.07, 6.45) is 0. The van der Waals surface area contributed by atoms with Crippen molar-refractivity contribution in [2.45, 2.75) is 6.61 Å².